The summed E-state index contributed by atoms with van der Waals surface area (Å²) in [5.74, 6) is -0.0177. The number of esters is 1. The molecule has 2 unspecified atom stereocenters. The molecule has 0 bridgehead atoms. The normalized spacial score (nSPS) is 22.0. The largest absolute Gasteiger partial charge is 0.480 e. The van der Waals surface area contributed by atoms with Crippen molar-refractivity contribution in [3.63, 3.8) is 0 Å². The highest BCUT2D eigenvalue weighted by molar-refractivity contribution is 6.31. The zero-order valence-electron chi connectivity index (χ0n) is 19.8. The Morgan fingerprint density at radius 3 is 2.74 bits per heavy atom. The number of dihydropyridines is 1. The van der Waals surface area contributed by atoms with E-state index in [1.54, 1.807) is 24.5 Å². The molecule has 0 saturated heterocycles. The molecule has 4 heterocycles. The summed E-state index contributed by atoms with van der Waals surface area (Å²) in [5, 5.41) is 3.84. The van der Waals surface area contributed by atoms with Crippen molar-refractivity contribution >= 4 is 29.4 Å². The number of carbonyl (C=O) groups excluding carboxylic acids is 1. The van der Waals surface area contributed by atoms with Crippen LogP contribution in [0.15, 0.2) is 53.9 Å². The third-order valence-corrected chi connectivity index (χ3v) is 6.15. The lowest BCUT2D eigenvalue weighted by Gasteiger charge is -2.33. The summed E-state index contributed by atoms with van der Waals surface area (Å²) >= 11 is 6.21. The SMILES string of the molecule is COc1nc(C2=CC=NC(c3cnccc3C3CCC=CN3)[C@@H]2OC(=O)C(C)(C)C)ccc1Cl. The monoisotopic (exact) mass is 480 g/mol. The molecule has 7 nitrogen and oxygen atoms in total. The van der Waals surface area contributed by atoms with Crippen molar-refractivity contribution in [2.45, 2.75) is 51.8 Å². The molecule has 0 aliphatic carbocycles. The number of pyridine rings is 2. The summed E-state index contributed by atoms with van der Waals surface area (Å²) < 4.78 is 11.5. The number of allylic oxidation sites excluding steroid dienone is 2. The van der Waals surface area contributed by atoms with E-state index in [0.29, 0.717) is 16.6 Å². The predicted octanol–water partition coefficient (Wildman–Crippen LogP) is 5.24. The minimum absolute atomic E-state index is 0.125. The van der Waals surface area contributed by atoms with Gasteiger partial charge < -0.3 is 14.8 Å². The van der Waals surface area contributed by atoms with Gasteiger partial charge in [-0.25, -0.2) is 4.98 Å². The predicted molar refractivity (Wildman–Crippen MR) is 133 cm³/mol. The summed E-state index contributed by atoms with van der Waals surface area (Å²) in [7, 11) is 1.52. The van der Waals surface area contributed by atoms with Crippen LogP contribution in [0.25, 0.3) is 5.57 Å². The average Bonchev–Trinajstić information content (AvgIpc) is 2.84. The molecule has 0 aromatic carbocycles. The molecule has 0 fully saturated rings. The Morgan fingerprint density at radius 1 is 1.21 bits per heavy atom. The average molecular weight is 481 g/mol. The van der Waals surface area contributed by atoms with Crippen LogP contribution in [0.2, 0.25) is 5.02 Å². The van der Waals surface area contributed by atoms with Gasteiger partial charge in [0.25, 0.3) is 0 Å². The van der Waals surface area contributed by atoms with Crippen molar-refractivity contribution in [3.05, 3.63) is 70.8 Å². The third kappa shape index (κ3) is 4.99. The number of nitrogens with one attached hydrogen (secondary N) is 1. The Hall–Kier alpha value is -3.19. The van der Waals surface area contributed by atoms with E-state index in [-0.39, 0.29) is 12.0 Å². The molecule has 3 atom stereocenters. The quantitative estimate of drug-likeness (QED) is 0.589. The molecule has 1 N–H and O–H groups in total. The van der Waals surface area contributed by atoms with Gasteiger partial charge >= 0.3 is 5.97 Å². The topological polar surface area (TPSA) is 85.7 Å². The number of halogens is 1. The minimum atomic E-state index is -0.697. The second kappa shape index (κ2) is 9.97. The van der Waals surface area contributed by atoms with Gasteiger partial charge in [0.15, 0.2) is 6.10 Å². The molecule has 2 aromatic heterocycles. The van der Waals surface area contributed by atoms with Crippen molar-refractivity contribution in [3.8, 4) is 5.88 Å². The van der Waals surface area contributed by atoms with Gasteiger partial charge in [0.05, 0.1) is 24.3 Å². The van der Waals surface area contributed by atoms with Gasteiger partial charge in [0.2, 0.25) is 5.88 Å². The molecule has 2 aromatic rings. The van der Waals surface area contributed by atoms with Crippen LogP contribution in [0.1, 0.15) is 62.5 Å². The molecule has 178 valence electrons. The molecule has 0 saturated carbocycles. The zero-order chi connectivity index (χ0) is 24.3. The smallest absolute Gasteiger partial charge is 0.311 e. The van der Waals surface area contributed by atoms with Gasteiger partial charge in [0.1, 0.15) is 11.1 Å². The number of hydrogen-bond acceptors (Lipinski definition) is 7. The number of nitrogens with zero attached hydrogens (tertiary/aromatic N) is 3. The van der Waals surface area contributed by atoms with Crippen LogP contribution in [0.3, 0.4) is 0 Å². The van der Waals surface area contributed by atoms with Gasteiger partial charge in [0, 0.05) is 29.7 Å². The number of aliphatic imine (C=N–C) groups is 1. The summed E-state index contributed by atoms with van der Waals surface area (Å²) in [4.78, 5) is 26.7. The summed E-state index contributed by atoms with van der Waals surface area (Å²) in [6.45, 7) is 5.49. The second-order valence-electron chi connectivity index (χ2n) is 9.33. The molecule has 4 rings (SSSR count). The lowest BCUT2D eigenvalue weighted by molar-refractivity contribution is -0.156. The van der Waals surface area contributed by atoms with E-state index in [2.05, 4.69) is 21.4 Å². The molecule has 0 amide bonds. The van der Waals surface area contributed by atoms with Crippen molar-refractivity contribution < 1.29 is 14.3 Å². The fourth-order valence-electron chi connectivity index (χ4n) is 4.02. The van der Waals surface area contributed by atoms with E-state index in [1.807, 2.05) is 45.3 Å². The molecule has 8 heteroatoms. The van der Waals surface area contributed by atoms with Crippen molar-refractivity contribution in [2.75, 3.05) is 7.11 Å². The Kier molecular flexibility index (Phi) is 7.03. The first kappa shape index (κ1) is 24.0. The minimum Gasteiger partial charge on any atom is -0.480 e. The van der Waals surface area contributed by atoms with Crippen molar-refractivity contribution in [2.24, 2.45) is 10.4 Å². The standard InChI is InChI=1S/C26H29ClN4O3/c1-26(2,3)25(32)34-23-17(21-9-8-19(27)24(31-21)33-4)11-14-30-22(23)18-15-28-13-10-16(18)20-7-5-6-12-29-20/h6,8-15,20,22-23,29H,5,7H2,1-4H3/t20?,22?,23-/m1/s1. The molecule has 0 radical (unpaired) electrons. The highest BCUT2D eigenvalue weighted by atomic mass is 35.5. The summed E-state index contributed by atoms with van der Waals surface area (Å²) in [6, 6.07) is 5.17. The zero-order valence-corrected chi connectivity index (χ0v) is 20.5. The maximum atomic E-state index is 13.0. The van der Waals surface area contributed by atoms with Crippen LogP contribution in [0.5, 0.6) is 5.88 Å². The first-order valence-electron chi connectivity index (χ1n) is 11.3. The van der Waals surface area contributed by atoms with E-state index < -0.39 is 17.6 Å². The van der Waals surface area contributed by atoms with Gasteiger partial charge in [-0.1, -0.05) is 17.7 Å². The number of rotatable bonds is 5. The fourth-order valence-corrected chi connectivity index (χ4v) is 4.20. The van der Waals surface area contributed by atoms with Crippen molar-refractivity contribution in [1.29, 1.82) is 0 Å². The van der Waals surface area contributed by atoms with E-state index in [0.717, 1.165) is 29.5 Å². The lowest BCUT2D eigenvalue weighted by Crippen LogP contribution is -2.34. The number of carbonyl (C=O) groups is 1. The molecular weight excluding hydrogens is 452 g/mol. The highest BCUT2D eigenvalue weighted by Crippen LogP contribution is 2.40. The van der Waals surface area contributed by atoms with Crippen LogP contribution in [0.4, 0.5) is 0 Å². The molecule has 2 aliphatic rings. The molecule has 0 spiro atoms. The number of methoxy groups -OCH3 is 1. The van der Waals surface area contributed by atoms with Crippen LogP contribution < -0.4 is 10.1 Å². The van der Waals surface area contributed by atoms with Crippen LogP contribution in [-0.2, 0) is 9.53 Å². The highest BCUT2D eigenvalue weighted by Gasteiger charge is 2.38. The molecule has 2 aliphatic heterocycles. The maximum Gasteiger partial charge on any atom is 0.311 e. The Morgan fingerprint density at radius 2 is 2.03 bits per heavy atom. The molecule has 34 heavy (non-hydrogen) atoms. The van der Waals surface area contributed by atoms with E-state index in [1.165, 1.54) is 7.11 Å². The summed E-state index contributed by atoms with van der Waals surface area (Å²) in [5.41, 5.74) is 2.63. The Balaban J connectivity index is 1.79. The third-order valence-electron chi connectivity index (χ3n) is 5.86. The van der Waals surface area contributed by atoms with Crippen LogP contribution >= 0.6 is 11.6 Å². The van der Waals surface area contributed by atoms with E-state index >= 15 is 0 Å². The van der Waals surface area contributed by atoms with Gasteiger partial charge in [-0.15, -0.1) is 0 Å². The first-order chi connectivity index (χ1) is 16.3. The lowest BCUT2D eigenvalue weighted by atomic mass is 9.86. The first-order valence-corrected chi connectivity index (χ1v) is 11.7. The van der Waals surface area contributed by atoms with E-state index in [4.69, 9.17) is 26.1 Å². The van der Waals surface area contributed by atoms with Crippen LogP contribution in [0, 0.1) is 5.41 Å². The van der Waals surface area contributed by atoms with Gasteiger partial charge in [-0.2, -0.15) is 0 Å². The number of ether oxygens (including phenoxy) is 2. The fraction of sp³-hybridized carbons (Fsp3) is 0.385. The summed E-state index contributed by atoms with van der Waals surface area (Å²) in [6.07, 6.45) is 12.5. The second-order valence-corrected chi connectivity index (χ2v) is 9.74. The van der Waals surface area contributed by atoms with Gasteiger partial charge in [-0.3, -0.25) is 14.8 Å². The number of aromatic nitrogens is 2. The maximum absolute atomic E-state index is 13.0. The van der Waals surface area contributed by atoms with Gasteiger partial charge in [-0.05, 0) is 69.7 Å². The van der Waals surface area contributed by atoms with Crippen LogP contribution in [-0.4, -0.2) is 35.4 Å². The van der Waals surface area contributed by atoms with Crippen molar-refractivity contribution in [1.82, 2.24) is 15.3 Å². The Labute approximate surface area is 205 Å². The van der Waals surface area contributed by atoms with E-state index in [9.17, 15) is 4.79 Å². The molecular formula is C26H29ClN4O3. The number of hydrogen-bond donors (Lipinski definition) is 1. The Bertz CT molecular complexity index is 1150.